The number of hydrogen-bond acceptors (Lipinski definition) is 0. The Morgan fingerprint density at radius 2 is 1.41 bits per heavy atom. The van der Waals surface area contributed by atoms with Gasteiger partial charge in [-0.2, -0.15) is 42.3 Å². The first-order chi connectivity index (χ1) is 7.67. The third-order valence-electron chi connectivity index (χ3n) is 0.910. The molecule has 0 radical (unpaired) electrons. The fourth-order valence-corrected chi connectivity index (χ4v) is 1.58. The summed E-state index contributed by atoms with van der Waals surface area (Å²) in [5, 5.41) is 10.5. The van der Waals surface area contributed by atoms with Crippen molar-refractivity contribution in [3.8, 4) is 0 Å². The van der Waals surface area contributed by atoms with Gasteiger partial charge in [-0.3, -0.25) is 0 Å². The minimum absolute atomic E-state index is 0. The summed E-state index contributed by atoms with van der Waals surface area (Å²) in [6.45, 7) is 0. The van der Waals surface area contributed by atoms with Gasteiger partial charge in [0.15, 0.2) is 0 Å². The van der Waals surface area contributed by atoms with E-state index in [1.165, 1.54) is 0 Å². The van der Waals surface area contributed by atoms with Crippen molar-refractivity contribution < 1.29 is 29.7 Å². The first-order valence-electron chi connectivity index (χ1n) is 4.94. The van der Waals surface area contributed by atoms with Crippen LogP contribution in [-0.2, 0) is 26.2 Å². The molecular formula is C11H24FGeN3Zr. The van der Waals surface area contributed by atoms with Crippen LogP contribution in [0.4, 0.5) is 3.50 Å². The van der Waals surface area contributed by atoms with Crippen LogP contribution in [0, 0.1) is 6.08 Å². The van der Waals surface area contributed by atoms with Crippen LogP contribution in [0.1, 0.15) is 6.42 Å². The number of allylic oxidation sites excluding steroid dienone is 4. The van der Waals surface area contributed by atoms with Crippen molar-refractivity contribution in [2.45, 2.75) is 6.42 Å². The summed E-state index contributed by atoms with van der Waals surface area (Å²) in [6, 6.07) is 0. The van der Waals surface area contributed by atoms with E-state index < -0.39 is 15.9 Å². The molecule has 0 aromatic heterocycles. The van der Waals surface area contributed by atoms with Crippen molar-refractivity contribution >= 4 is 15.9 Å². The number of rotatable bonds is 1. The van der Waals surface area contributed by atoms with Crippen molar-refractivity contribution in [3.05, 3.63) is 38.6 Å². The van der Waals surface area contributed by atoms with Crippen LogP contribution in [0.25, 0.3) is 16.0 Å². The molecule has 98 valence electrons. The molecule has 3 nitrogen and oxygen atoms in total. The molecule has 0 N–H and O–H groups in total. The Hall–Kier alpha value is 0.716. The molecule has 0 aliphatic heterocycles. The number of nitrogens with zero attached hydrogens (tertiary/aromatic N) is 3. The van der Waals surface area contributed by atoms with Crippen molar-refractivity contribution in [2.75, 3.05) is 42.3 Å². The number of halogens is 1. The van der Waals surface area contributed by atoms with Crippen LogP contribution in [0.2, 0.25) is 0 Å². The zero-order chi connectivity index (χ0) is 13.2. The molecule has 6 heteroatoms. The van der Waals surface area contributed by atoms with E-state index in [-0.39, 0.29) is 26.2 Å². The molecule has 0 saturated carbocycles. The van der Waals surface area contributed by atoms with Crippen molar-refractivity contribution in [3.63, 3.8) is 0 Å². The molecule has 0 amide bonds. The second-order valence-corrected chi connectivity index (χ2v) is 4.94. The van der Waals surface area contributed by atoms with Gasteiger partial charge in [0, 0.05) is 0 Å². The molecule has 0 bridgehead atoms. The topological polar surface area (TPSA) is 42.3 Å². The summed E-state index contributed by atoms with van der Waals surface area (Å²) in [5.74, 6) is 0. The van der Waals surface area contributed by atoms with Crippen molar-refractivity contribution in [1.29, 1.82) is 0 Å². The summed E-state index contributed by atoms with van der Waals surface area (Å²) in [4.78, 5) is 0. The number of hydrogen-bond donors (Lipinski definition) is 0. The van der Waals surface area contributed by atoms with Crippen LogP contribution in [0.3, 0.4) is 0 Å². The first-order valence-corrected chi connectivity index (χ1v) is 7.54. The van der Waals surface area contributed by atoms with Crippen molar-refractivity contribution in [1.82, 2.24) is 0 Å². The molecule has 0 atom stereocenters. The molecule has 0 spiro atoms. The zero-order valence-corrected chi connectivity index (χ0v) is 17.2. The second kappa shape index (κ2) is 30.1. The molecule has 0 saturated heterocycles. The average Bonchev–Trinajstić information content (AvgIpc) is 2.73. The quantitative estimate of drug-likeness (QED) is 0.495. The summed E-state index contributed by atoms with van der Waals surface area (Å²) in [5.41, 5.74) is 0. The molecule has 0 aromatic carbocycles. The summed E-state index contributed by atoms with van der Waals surface area (Å²) >= 11 is -1.75. The van der Waals surface area contributed by atoms with E-state index in [1.807, 2.05) is 12.2 Å². The monoisotopic (exact) mass is 381 g/mol. The van der Waals surface area contributed by atoms with E-state index in [0.717, 1.165) is 10.8 Å². The van der Waals surface area contributed by atoms with Gasteiger partial charge >= 0.3 is 74.7 Å². The Bertz CT molecular complexity index is 162. The van der Waals surface area contributed by atoms with E-state index in [4.69, 9.17) is 0 Å². The molecule has 1 aliphatic carbocycles. The standard InChI is InChI=1S/C5H6FGe.3C2H6N.Zr/c6-7-5-3-1-2-4-5;3*1-3-2;/h1,3H,2,7H2;3*1-2H3;/q4*-1;+4. The third kappa shape index (κ3) is 38.3. The Morgan fingerprint density at radius 3 is 1.53 bits per heavy atom. The van der Waals surface area contributed by atoms with Gasteiger partial charge in [-0.25, -0.2) is 0 Å². The largest absolute Gasteiger partial charge is 4.00 e. The second-order valence-electron chi connectivity index (χ2n) is 2.78. The van der Waals surface area contributed by atoms with E-state index in [0.29, 0.717) is 0 Å². The minimum atomic E-state index is -1.75. The molecule has 0 fully saturated rings. The molecule has 17 heavy (non-hydrogen) atoms. The van der Waals surface area contributed by atoms with Crippen LogP contribution in [0.5, 0.6) is 0 Å². The summed E-state index contributed by atoms with van der Waals surface area (Å²) < 4.78 is 12.6. The first kappa shape index (κ1) is 26.3. The van der Waals surface area contributed by atoms with Gasteiger partial charge in [0.05, 0.1) is 0 Å². The van der Waals surface area contributed by atoms with Crippen LogP contribution >= 0.6 is 0 Å². The fourth-order valence-electron chi connectivity index (χ4n) is 0.542. The Morgan fingerprint density at radius 1 is 1.06 bits per heavy atom. The van der Waals surface area contributed by atoms with Gasteiger partial charge in [0.1, 0.15) is 0 Å². The maximum Gasteiger partial charge on any atom is 4.00 e. The Labute approximate surface area is 132 Å². The van der Waals surface area contributed by atoms with E-state index >= 15 is 0 Å². The van der Waals surface area contributed by atoms with Crippen LogP contribution < -0.4 is 0 Å². The van der Waals surface area contributed by atoms with Crippen molar-refractivity contribution in [2.24, 2.45) is 0 Å². The van der Waals surface area contributed by atoms with Crippen LogP contribution in [0.15, 0.2) is 16.6 Å². The zero-order valence-electron chi connectivity index (χ0n) is 11.8. The normalized spacial score (nSPS) is 11.1. The summed E-state index contributed by atoms with van der Waals surface area (Å²) in [6.07, 6.45) is 7.55. The van der Waals surface area contributed by atoms with Gasteiger partial charge < -0.3 is 16.0 Å². The van der Waals surface area contributed by atoms with Gasteiger partial charge in [-0.05, 0) is 0 Å². The third-order valence-corrected chi connectivity index (χ3v) is 2.53. The Kier molecular flexibility index (Phi) is 46.6. The maximum absolute atomic E-state index is 11.7. The van der Waals surface area contributed by atoms with Gasteiger partial charge in [-0.1, -0.05) is 0 Å². The van der Waals surface area contributed by atoms with E-state index in [1.54, 1.807) is 42.3 Å². The minimum Gasteiger partial charge on any atom is 4.00 e. The van der Waals surface area contributed by atoms with Gasteiger partial charge in [0.2, 0.25) is 0 Å². The molecule has 0 aromatic rings. The van der Waals surface area contributed by atoms with E-state index in [9.17, 15) is 3.50 Å². The maximum atomic E-state index is 11.7. The van der Waals surface area contributed by atoms with Gasteiger partial charge in [0.25, 0.3) is 0 Å². The smallest absolute Gasteiger partial charge is 4.00 e. The van der Waals surface area contributed by atoms with Crippen LogP contribution in [-0.4, -0.2) is 58.2 Å². The molecular weight excluding hydrogens is 357 g/mol. The SMILES string of the molecule is C[N-]C.C[N-]C.C[N-]C.[F][GeH2][C]1=[C-]CC=C1.[Zr+4]. The molecule has 0 unspecified atom stereocenters. The Balaban J connectivity index is -0.0000000734. The molecule has 1 aliphatic rings. The van der Waals surface area contributed by atoms with E-state index in [2.05, 4.69) is 22.0 Å². The molecule has 0 heterocycles. The summed E-state index contributed by atoms with van der Waals surface area (Å²) in [7, 11) is 10.5. The predicted molar refractivity (Wildman–Crippen MR) is 75.8 cm³/mol. The molecule has 1 rings (SSSR count). The average molecular weight is 381 g/mol. The predicted octanol–water partition coefficient (Wildman–Crippen LogP) is 2.54. The van der Waals surface area contributed by atoms with Gasteiger partial charge in [-0.15, -0.1) is 0 Å². The fraction of sp³-hybridized carbons (Fsp3) is 0.636.